The molecule has 0 radical (unpaired) electrons. The molecule has 3 rings (SSSR count). The molecule has 0 bridgehead atoms. The highest BCUT2D eigenvalue weighted by Gasteiger charge is 2.38. The van der Waals surface area contributed by atoms with Crippen LogP contribution in [0.5, 0.6) is 0 Å². The molecular weight excluding hydrogens is 528 g/mol. The summed E-state index contributed by atoms with van der Waals surface area (Å²) >= 11 is 0. The number of hydrogen-bond donors (Lipinski definition) is 3. The standard InChI is InChI=1S/C18H27N5O.2C2HF3O2/c1-21(2)8-9-23-17-6-5-16(10-15(17)4-7-18(23)24)19-11-14-12-20-22(3)13-14;2*3-2(4,5)1(6)7/h4,7,12-13,16,19H,5-6,8-11H2,1-3H3;2*(H,6,7). The van der Waals surface area contributed by atoms with E-state index in [-0.39, 0.29) is 5.56 Å². The van der Waals surface area contributed by atoms with E-state index in [1.165, 1.54) is 16.8 Å². The molecule has 2 heterocycles. The molecule has 0 fully saturated rings. The summed E-state index contributed by atoms with van der Waals surface area (Å²) in [5.41, 5.74) is 3.86. The van der Waals surface area contributed by atoms with Crippen molar-refractivity contribution in [3.05, 3.63) is 51.7 Å². The van der Waals surface area contributed by atoms with Crippen LogP contribution in [0.2, 0.25) is 0 Å². The fourth-order valence-electron chi connectivity index (χ4n) is 3.37. The lowest BCUT2D eigenvalue weighted by molar-refractivity contribution is -0.193. The van der Waals surface area contributed by atoms with Gasteiger partial charge in [-0.25, -0.2) is 9.59 Å². The Kier molecular flexibility index (Phi) is 12.0. The van der Waals surface area contributed by atoms with E-state index in [1.54, 1.807) is 6.07 Å². The van der Waals surface area contributed by atoms with Crippen LogP contribution >= 0.6 is 0 Å². The lowest BCUT2D eigenvalue weighted by Crippen LogP contribution is -2.37. The molecule has 1 atom stereocenters. The molecule has 3 N–H and O–H groups in total. The normalized spacial score (nSPS) is 15.1. The molecule has 1 aliphatic carbocycles. The van der Waals surface area contributed by atoms with E-state index in [4.69, 9.17) is 19.8 Å². The van der Waals surface area contributed by atoms with E-state index in [1.807, 2.05) is 48.9 Å². The number of carbonyl (C=O) groups is 2. The third kappa shape index (κ3) is 11.3. The van der Waals surface area contributed by atoms with E-state index in [9.17, 15) is 31.1 Å². The lowest BCUT2D eigenvalue weighted by Gasteiger charge is -2.28. The maximum absolute atomic E-state index is 12.2. The maximum Gasteiger partial charge on any atom is 0.490 e. The quantitative estimate of drug-likeness (QED) is 0.461. The number of nitrogens with one attached hydrogen (secondary N) is 1. The summed E-state index contributed by atoms with van der Waals surface area (Å²) in [7, 11) is 6.02. The monoisotopic (exact) mass is 557 g/mol. The highest BCUT2D eigenvalue weighted by Crippen LogP contribution is 2.20. The SMILES string of the molecule is CN(C)CCn1c2c(ccc1=O)CC(NCc1cnn(C)c1)CC2.O=C(O)C(F)(F)F.O=C(O)C(F)(F)F. The van der Waals surface area contributed by atoms with Crippen molar-refractivity contribution in [2.45, 2.75) is 50.7 Å². The van der Waals surface area contributed by atoms with Gasteiger partial charge in [0.15, 0.2) is 0 Å². The molecule has 2 aromatic heterocycles. The van der Waals surface area contributed by atoms with Crippen LogP contribution in [0.1, 0.15) is 23.2 Å². The summed E-state index contributed by atoms with van der Waals surface area (Å²) in [6.07, 6.45) is -3.20. The summed E-state index contributed by atoms with van der Waals surface area (Å²) in [5.74, 6) is -5.51. The first-order valence-corrected chi connectivity index (χ1v) is 11.1. The molecule has 10 nitrogen and oxygen atoms in total. The first kappa shape index (κ1) is 32.6. The predicted molar refractivity (Wildman–Crippen MR) is 122 cm³/mol. The average Bonchev–Trinajstić information content (AvgIpc) is 3.21. The summed E-state index contributed by atoms with van der Waals surface area (Å²) in [6.45, 7) is 2.50. The molecule has 0 aromatic carbocycles. The van der Waals surface area contributed by atoms with Gasteiger partial charge in [0.1, 0.15) is 0 Å². The van der Waals surface area contributed by atoms with Crippen LogP contribution in [0, 0.1) is 0 Å². The van der Waals surface area contributed by atoms with Crippen molar-refractivity contribution in [2.75, 3.05) is 20.6 Å². The Morgan fingerprint density at radius 1 is 1.11 bits per heavy atom. The van der Waals surface area contributed by atoms with Gasteiger partial charge in [-0.15, -0.1) is 0 Å². The van der Waals surface area contributed by atoms with Gasteiger partial charge >= 0.3 is 24.3 Å². The van der Waals surface area contributed by atoms with Crippen molar-refractivity contribution in [2.24, 2.45) is 7.05 Å². The third-order valence-electron chi connectivity index (χ3n) is 5.19. The molecule has 0 saturated heterocycles. The van der Waals surface area contributed by atoms with Crippen LogP contribution in [0.3, 0.4) is 0 Å². The first-order valence-electron chi connectivity index (χ1n) is 11.1. The van der Waals surface area contributed by atoms with Gasteiger partial charge in [-0.1, -0.05) is 6.07 Å². The Bertz CT molecular complexity index is 1100. The highest BCUT2D eigenvalue weighted by atomic mass is 19.4. The number of halogens is 6. The number of carboxylic acid groups (broad SMARTS) is 2. The maximum atomic E-state index is 12.2. The van der Waals surface area contributed by atoms with Gasteiger partial charge in [-0.05, 0) is 38.9 Å². The number of rotatable bonds is 6. The number of aliphatic carboxylic acids is 2. The Morgan fingerprint density at radius 2 is 1.66 bits per heavy atom. The lowest BCUT2D eigenvalue weighted by atomic mass is 9.91. The van der Waals surface area contributed by atoms with Gasteiger partial charge in [0.25, 0.3) is 5.56 Å². The van der Waals surface area contributed by atoms with Gasteiger partial charge in [-0.3, -0.25) is 9.48 Å². The zero-order valence-electron chi connectivity index (χ0n) is 20.8. The summed E-state index contributed by atoms with van der Waals surface area (Å²) in [5, 5.41) is 22.1. The Morgan fingerprint density at radius 3 is 2.11 bits per heavy atom. The second kappa shape index (κ2) is 13.9. The van der Waals surface area contributed by atoms with E-state index >= 15 is 0 Å². The zero-order chi connectivity index (χ0) is 29.3. The summed E-state index contributed by atoms with van der Waals surface area (Å²) in [6, 6.07) is 4.19. The number of fused-ring (bicyclic) bond motifs is 1. The van der Waals surface area contributed by atoms with E-state index in [2.05, 4.69) is 15.3 Å². The van der Waals surface area contributed by atoms with Crippen LogP contribution in [-0.2, 0) is 42.6 Å². The zero-order valence-corrected chi connectivity index (χ0v) is 20.8. The molecule has 1 aliphatic rings. The third-order valence-corrected chi connectivity index (χ3v) is 5.19. The van der Waals surface area contributed by atoms with E-state index in [0.717, 1.165) is 38.9 Å². The van der Waals surface area contributed by atoms with Crippen LogP contribution < -0.4 is 10.9 Å². The summed E-state index contributed by atoms with van der Waals surface area (Å²) < 4.78 is 67.3. The fraction of sp³-hybridized carbons (Fsp3) is 0.545. The van der Waals surface area contributed by atoms with Crippen molar-refractivity contribution in [3.63, 3.8) is 0 Å². The first-order chi connectivity index (χ1) is 17.4. The molecule has 0 saturated carbocycles. The molecule has 0 amide bonds. The second-order valence-electron chi connectivity index (χ2n) is 8.55. The number of alkyl halides is 6. The Hall–Kier alpha value is -3.40. The number of nitrogens with zero attached hydrogens (tertiary/aromatic N) is 4. The minimum absolute atomic E-state index is 0.123. The van der Waals surface area contributed by atoms with Crippen molar-refractivity contribution >= 4 is 11.9 Å². The Balaban J connectivity index is 0.000000426. The molecule has 214 valence electrons. The molecular formula is C22H29F6N5O5. The van der Waals surface area contributed by atoms with Crippen molar-refractivity contribution in [1.29, 1.82) is 0 Å². The fourth-order valence-corrected chi connectivity index (χ4v) is 3.37. The Labute approximate surface area is 213 Å². The van der Waals surface area contributed by atoms with Gasteiger partial charge in [0.2, 0.25) is 0 Å². The molecule has 2 aromatic rings. The van der Waals surface area contributed by atoms with E-state index in [0.29, 0.717) is 6.04 Å². The summed E-state index contributed by atoms with van der Waals surface area (Å²) in [4.78, 5) is 32.1. The van der Waals surface area contributed by atoms with Gasteiger partial charge in [-0.2, -0.15) is 31.4 Å². The van der Waals surface area contributed by atoms with Crippen LogP contribution in [0.15, 0.2) is 29.3 Å². The van der Waals surface area contributed by atoms with Gasteiger partial charge in [0.05, 0.1) is 6.20 Å². The number of hydrogen-bond acceptors (Lipinski definition) is 6. The van der Waals surface area contributed by atoms with E-state index < -0.39 is 24.3 Å². The van der Waals surface area contributed by atoms with Gasteiger partial charge in [0, 0.05) is 56.2 Å². The van der Waals surface area contributed by atoms with Crippen LogP contribution in [-0.4, -0.2) is 80.4 Å². The minimum Gasteiger partial charge on any atom is -0.475 e. The smallest absolute Gasteiger partial charge is 0.475 e. The number of pyridine rings is 1. The number of carboxylic acids is 2. The highest BCUT2D eigenvalue weighted by molar-refractivity contribution is 5.73. The molecule has 16 heteroatoms. The number of likely N-dealkylation sites (N-methyl/N-ethyl adjacent to an activating group) is 1. The molecule has 0 aliphatic heterocycles. The van der Waals surface area contributed by atoms with Crippen molar-refractivity contribution in [1.82, 2.24) is 24.6 Å². The molecule has 1 unspecified atom stereocenters. The van der Waals surface area contributed by atoms with Crippen molar-refractivity contribution in [3.8, 4) is 0 Å². The van der Waals surface area contributed by atoms with Crippen molar-refractivity contribution < 1.29 is 46.1 Å². The molecule has 38 heavy (non-hydrogen) atoms. The second-order valence-corrected chi connectivity index (χ2v) is 8.55. The topological polar surface area (TPSA) is 130 Å². The van der Waals surface area contributed by atoms with Crippen LogP contribution in [0.25, 0.3) is 0 Å². The number of aromatic nitrogens is 3. The molecule has 0 spiro atoms. The van der Waals surface area contributed by atoms with Gasteiger partial charge < -0.3 is 25.0 Å². The van der Waals surface area contributed by atoms with Crippen LogP contribution in [0.4, 0.5) is 26.3 Å². The minimum atomic E-state index is -5.08. The average molecular weight is 557 g/mol. The number of aryl methyl sites for hydroxylation is 1. The predicted octanol–water partition coefficient (Wildman–Crippen LogP) is 2.06. The largest absolute Gasteiger partial charge is 0.490 e.